The first-order chi connectivity index (χ1) is 13.7. The molecule has 1 fully saturated rings. The average Bonchev–Trinajstić information content (AvgIpc) is 3.48. The predicted octanol–water partition coefficient (Wildman–Crippen LogP) is 3.22. The first kappa shape index (κ1) is 17.5. The van der Waals surface area contributed by atoms with E-state index < -0.39 is 0 Å². The lowest BCUT2D eigenvalue weighted by atomic mass is 9.86. The monoisotopic (exact) mass is 377 g/mol. The van der Waals surface area contributed by atoms with Gasteiger partial charge in [-0.05, 0) is 32.0 Å². The van der Waals surface area contributed by atoms with Crippen LogP contribution in [0.5, 0.6) is 5.75 Å². The van der Waals surface area contributed by atoms with Gasteiger partial charge in [-0.2, -0.15) is 5.10 Å². The van der Waals surface area contributed by atoms with E-state index in [1.165, 1.54) is 23.5 Å². The van der Waals surface area contributed by atoms with E-state index in [1.807, 2.05) is 29.2 Å². The Balaban J connectivity index is 1.34. The highest BCUT2D eigenvalue weighted by Crippen LogP contribution is 2.43. The van der Waals surface area contributed by atoms with Crippen LogP contribution >= 0.6 is 0 Å². The van der Waals surface area contributed by atoms with Gasteiger partial charge in [0.05, 0.1) is 25.2 Å². The van der Waals surface area contributed by atoms with E-state index in [1.54, 1.807) is 7.11 Å². The fourth-order valence-corrected chi connectivity index (χ4v) is 4.88. The third kappa shape index (κ3) is 2.92. The van der Waals surface area contributed by atoms with Crippen LogP contribution in [0.15, 0.2) is 42.9 Å². The first-order valence-corrected chi connectivity index (χ1v) is 10.1. The van der Waals surface area contributed by atoms with Crippen LogP contribution in [0.25, 0.3) is 11.3 Å². The number of benzene rings is 1. The van der Waals surface area contributed by atoms with Crippen LogP contribution in [-0.4, -0.2) is 44.4 Å². The van der Waals surface area contributed by atoms with E-state index in [-0.39, 0.29) is 0 Å². The number of ether oxygens (including phenoxy) is 1. The zero-order chi connectivity index (χ0) is 19.1. The molecule has 1 atom stereocenters. The van der Waals surface area contributed by atoms with Crippen LogP contribution in [-0.2, 0) is 26.1 Å². The minimum Gasteiger partial charge on any atom is -0.496 e. The third-order valence-electron chi connectivity index (χ3n) is 6.28. The van der Waals surface area contributed by atoms with E-state index in [4.69, 9.17) is 9.72 Å². The lowest BCUT2D eigenvalue weighted by Gasteiger charge is -2.23. The molecule has 0 aliphatic carbocycles. The second-order valence-electron chi connectivity index (χ2n) is 8.19. The number of aromatic nitrogens is 4. The maximum atomic E-state index is 5.58. The number of aryl methyl sites for hydroxylation is 1. The predicted molar refractivity (Wildman–Crippen MR) is 108 cm³/mol. The summed E-state index contributed by atoms with van der Waals surface area (Å²) < 4.78 is 10.0. The molecule has 28 heavy (non-hydrogen) atoms. The molecule has 146 valence electrons. The van der Waals surface area contributed by atoms with E-state index in [2.05, 4.69) is 39.8 Å². The topological polar surface area (TPSA) is 48.1 Å². The molecule has 0 saturated carbocycles. The molecule has 1 spiro atoms. The summed E-state index contributed by atoms with van der Waals surface area (Å²) in [5, 5.41) is 4.42. The number of fused-ring (bicyclic) bond motifs is 1. The Morgan fingerprint density at radius 3 is 2.89 bits per heavy atom. The maximum Gasteiger partial charge on any atom is 0.128 e. The molecule has 3 aromatic rings. The smallest absolute Gasteiger partial charge is 0.128 e. The number of nitrogens with zero attached hydrogens (tertiary/aromatic N) is 5. The minimum atomic E-state index is 0.307. The first-order valence-electron chi connectivity index (χ1n) is 10.1. The Hall–Kier alpha value is -2.60. The van der Waals surface area contributed by atoms with E-state index in [0.29, 0.717) is 5.41 Å². The lowest BCUT2D eigenvalue weighted by Crippen LogP contribution is -2.28. The highest BCUT2D eigenvalue weighted by molar-refractivity contribution is 5.67. The summed E-state index contributed by atoms with van der Waals surface area (Å²) in [6.07, 6.45) is 8.47. The Morgan fingerprint density at radius 2 is 2.07 bits per heavy atom. The second kappa shape index (κ2) is 6.78. The van der Waals surface area contributed by atoms with Crippen molar-refractivity contribution in [1.29, 1.82) is 0 Å². The Morgan fingerprint density at radius 1 is 1.18 bits per heavy atom. The molecule has 0 radical (unpaired) electrons. The normalized spacial score (nSPS) is 21.5. The Kier molecular flexibility index (Phi) is 4.23. The van der Waals surface area contributed by atoms with Crippen molar-refractivity contribution in [2.24, 2.45) is 5.41 Å². The van der Waals surface area contributed by atoms with Crippen molar-refractivity contribution >= 4 is 0 Å². The highest BCUT2D eigenvalue weighted by Gasteiger charge is 2.44. The van der Waals surface area contributed by atoms with Gasteiger partial charge in [0.25, 0.3) is 0 Å². The number of imidazole rings is 1. The van der Waals surface area contributed by atoms with Gasteiger partial charge in [-0.1, -0.05) is 12.1 Å². The van der Waals surface area contributed by atoms with Gasteiger partial charge in [0.2, 0.25) is 0 Å². The number of methoxy groups -OCH3 is 1. The summed E-state index contributed by atoms with van der Waals surface area (Å²) >= 11 is 0. The molecule has 0 amide bonds. The molecule has 0 unspecified atom stereocenters. The third-order valence-corrected chi connectivity index (χ3v) is 6.28. The van der Waals surface area contributed by atoms with Gasteiger partial charge in [-0.25, -0.2) is 4.98 Å². The fraction of sp³-hybridized carbons (Fsp3) is 0.455. The van der Waals surface area contributed by atoms with Gasteiger partial charge in [-0.15, -0.1) is 0 Å². The van der Waals surface area contributed by atoms with Crippen LogP contribution in [0.1, 0.15) is 24.7 Å². The molecule has 4 heterocycles. The minimum absolute atomic E-state index is 0.307. The molecule has 2 aliphatic heterocycles. The van der Waals surface area contributed by atoms with Crippen molar-refractivity contribution in [3.63, 3.8) is 0 Å². The van der Waals surface area contributed by atoms with Gasteiger partial charge >= 0.3 is 0 Å². The molecule has 6 heteroatoms. The standard InChI is InChI=1S/C22H27N5O/c1-3-26-14-17(11-24-26)13-25-9-8-22(15-25)10-21-23-12-19(27(21)16-22)18-6-4-5-7-20(18)28-2/h4-7,11-12,14H,3,8-10,13,15-16H2,1-2H3/t22-/m1/s1. The molecule has 1 aromatic carbocycles. The largest absolute Gasteiger partial charge is 0.496 e. The SMILES string of the molecule is CCn1cc(CN2CC[C@@]3(Cc4ncc(-c5ccccc5OC)n4C3)C2)cn1. The van der Waals surface area contributed by atoms with Gasteiger partial charge in [0, 0.05) is 55.3 Å². The zero-order valence-corrected chi connectivity index (χ0v) is 16.6. The molecule has 2 aliphatic rings. The Bertz CT molecular complexity index is 990. The van der Waals surface area contributed by atoms with Crippen LogP contribution in [0, 0.1) is 5.41 Å². The molecule has 1 saturated heterocycles. The van der Waals surface area contributed by atoms with Crippen LogP contribution in [0.3, 0.4) is 0 Å². The highest BCUT2D eigenvalue weighted by atomic mass is 16.5. The van der Waals surface area contributed by atoms with Gasteiger partial charge < -0.3 is 9.30 Å². The van der Waals surface area contributed by atoms with Gasteiger partial charge in [0.1, 0.15) is 11.6 Å². The molecular formula is C22H27N5O. The molecular weight excluding hydrogens is 350 g/mol. The summed E-state index contributed by atoms with van der Waals surface area (Å²) in [6.45, 7) is 7.35. The molecule has 2 aromatic heterocycles. The quantitative estimate of drug-likeness (QED) is 0.685. The maximum absolute atomic E-state index is 5.58. The number of hydrogen-bond donors (Lipinski definition) is 0. The number of hydrogen-bond acceptors (Lipinski definition) is 4. The molecule has 0 N–H and O–H groups in total. The van der Waals surface area contributed by atoms with Crippen molar-refractivity contribution in [3.8, 4) is 17.0 Å². The second-order valence-corrected chi connectivity index (χ2v) is 8.19. The Labute approximate surface area is 165 Å². The number of likely N-dealkylation sites (tertiary alicyclic amines) is 1. The lowest BCUT2D eigenvalue weighted by molar-refractivity contribution is 0.247. The van der Waals surface area contributed by atoms with Gasteiger partial charge in [-0.3, -0.25) is 9.58 Å². The fourth-order valence-electron chi connectivity index (χ4n) is 4.88. The average molecular weight is 377 g/mol. The zero-order valence-electron chi connectivity index (χ0n) is 16.6. The van der Waals surface area contributed by atoms with E-state index in [9.17, 15) is 0 Å². The van der Waals surface area contributed by atoms with Crippen molar-refractivity contribution < 1.29 is 4.74 Å². The molecule has 5 rings (SSSR count). The van der Waals surface area contributed by atoms with E-state index >= 15 is 0 Å². The molecule has 0 bridgehead atoms. The van der Waals surface area contributed by atoms with Crippen LogP contribution < -0.4 is 4.74 Å². The summed E-state index contributed by atoms with van der Waals surface area (Å²) in [5.74, 6) is 2.12. The summed E-state index contributed by atoms with van der Waals surface area (Å²) in [7, 11) is 1.73. The van der Waals surface area contributed by atoms with Crippen LogP contribution in [0.4, 0.5) is 0 Å². The summed E-state index contributed by atoms with van der Waals surface area (Å²) in [5.41, 5.74) is 3.92. The number of rotatable bonds is 5. The number of para-hydroxylation sites is 1. The van der Waals surface area contributed by atoms with Crippen molar-refractivity contribution in [1.82, 2.24) is 24.2 Å². The summed E-state index contributed by atoms with van der Waals surface area (Å²) in [4.78, 5) is 7.34. The van der Waals surface area contributed by atoms with Crippen molar-refractivity contribution in [3.05, 3.63) is 54.2 Å². The van der Waals surface area contributed by atoms with E-state index in [0.717, 1.165) is 50.5 Å². The summed E-state index contributed by atoms with van der Waals surface area (Å²) in [6, 6.07) is 8.23. The molecule has 6 nitrogen and oxygen atoms in total. The van der Waals surface area contributed by atoms with Gasteiger partial charge in [0.15, 0.2) is 0 Å². The van der Waals surface area contributed by atoms with Crippen molar-refractivity contribution in [2.75, 3.05) is 20.2 Å². The van der Waals surface area contributed by atoms with Crippen molar-refractivity contribution in [2.45, 2.75) is 39.4 Å². The van der Waals surface area contributed by atoms with Crippen LogP contribution in [0.2, 0.25) is 0 Å².